The molecule has 3 rings (SSSR count). The van der Waals surface area contributed by atoms with Crippen LogP contribution in [0.2, 0.25) is 0 Å². The van der Waals surface area contributed by atoms with Gasteiger partial charge in [-0.25, -0.2) is 4.98 Å². The number of aromatic amines is 1. The molecule has 2 aromatic rings. The molecule has 2 heterocycles. The van der Waals surface area contributed by atoms with Gasteiger partial charge in [0.1, 0.15) is 12.2 Å². The summed E-state index contributed by atoms with van der Waals surface area (Å²) >= 11 is 0. The van der Waals surface area contributed by atoms with E-state index in [1.54, 1.807) is 0 Å². The molecule has 0 saturated carbocycles. The van der Waals surface area contributed by atoms with E-state index in [1.165, 1.54) is 17.5 Å². The highest BCUT2D eigenvalue weighted by atomic mass is 16.2. The quantitative estimate of drug-likeness (QED) is 0.938. The Hall–Kier alpha value is -2.17. The average Bonchev–Trinajstić information content (AvgIpc) is 3.09. The Bertz CT molecular complexity index is 623. The molecule has 1 saturated heterocycles. The lowest BCUT2D eigenvalue weighted by Gasteiger charge is -2.21. The predicted octanol–water partition coefficient (Wildman–Crippen LogP) is 2.06. The van der Waals surface area contributed by atoms with Gasteiger partial charge in [0.15, 0.2) is 0 Å². The zero-order chi connectivity index (χ0) is 14.8. The number of carbonyl (C=O) groups is 1. The number of hydrogen-bond donors (Lipinski definition) is 1. The van der Waals surface area contributed by atoms with Crippen molar-refractivity contribution in [3.63, 3.8) is 0 Å². The Morgan fingerprint density at radius 1 is 1.43 bits per heavy atom. The molecule has 2 atom stereocenters. The number of aromatic nitrogens is 3. The van der Waals surface area contributed by atoms with Gasteiger partial charge in [0.05, 0.1) is 6.42 Å². The highest BCUT2D eigenvalue weighted by Gasteiger charge is 2.33. The van der Waals surface area contributed by atoms with E-state index in [9.17, 15) is 4.79 Å². The van der Waals surface area contributed by atoms with Gasteiger partial charge >= 0.3 is 0 Å². The van der Waals surface area contributed by atoms with E-state index in [1.807, 2.05) is 4.90 Å². The van der Waals surface area contributed by atoms with E-state index in [4.69, 9.17) is 0 Å². The van der Waals surface area contributed by atoms with Gasteiger partial charge in [0.2, 0.25) is 5.91 Å². The van der Waals surface area contributed by atoms with E-state index in [0.29, 0.717) is 18.2 Å². The molecular weight excluding hydrogens is 264 g/mol. The molecule has 1 aliphatic rings. The summed E-state index contributed by atoms with van der Waals surface area (Å²) in [5.74, 6) is 1.18. The molecule has 1 aliphatic heterocycles. The van der Waals surface area contributed by atoms with Gasteiger partial charge in [-0.1, -0.05) is 24.3 Å². The number of amides is 1. The van der Waals surface area contributed by atoms with Crippen LogP contribution in [0.4, 0.5) is 0 Å². The average molecular weight is 284 g/mol. The van der Waals surface area contributed by atoms with Gasteiger partial charge in [-0.3, -0.25) is 9.89 Å². The topological polar surface area (TPSA) is 61.9 Å². The Balaban J connectivity index is 1.71. The molecule has 0 spiro atoms. The largest absolute Gasteiger partial charge is 0.339 e. The van der Waals surface area contributed by atoms with Crippen LogP contribution in [0.5, 0.6) is 0 Å². The third-order valence-electron chi connectivity index (χ3n) is 4.31. The molecule has 0 bridgehead atoms. The number of carbonyl (C=O) groups excluding carboxylic acids is 1. The molecule has 1 amide bonds. The molecule has 1 fully saturated rings. The maximum absolute atomic E-state index is 12.4. The molecule has 1 N–H and O–H groups in total. The Morgan fingerprint density at radius 3 is 2.95 bits per heavy atom. The predicted molar refractivity (Wildman–Crippen MR) is 79.8 cm³/mol. The first-order chi connectivity index (χ1) is 10.1. The summed E-state index contributed by atoms with van der Waals surface area (Å²) in [7, 11) is 0. The maximum Gasteiger partial charge on any atom is 0.230 e. The van der Waals surface area contributed by atoms with E-state index in [2.05, 4.69) is 53.3 Å². The number of rotatable bonds is 3. The van der Waals surface area contributed by atoms with E-state index in [0.717, 1.165) is 13.0 Å². The smallest absolute Gasteiger partial charge is 0.230 e. The standard InChI is InChI=1S/C16H20N4O/c1-11-5-3-4-6-14(11)13-7-12(2)20(9-13)16(21)8-15-17-10-18-19-15/h3-6,10,12-13H,7-9H2,1-2H3,(H,17,18,19). The second-order valence-corrected chi connectivity index (χ2v) is 5.79. The molecule has 1 aromatic heterocycles. The highest BCUT2D eigenvalue weighted by Crippen LogP contribution is 2.33. The van der Waals surface area contributed by atoms with Crippen molar-refractivity contribution in [3.8, 4) is 0 Å². The maximum atomic E-state index is 12.4. The molecule has 5 heteroatoms. The molecule has 0 aliphatic carbocycles. The van der Waals surface area contributed by atoms with Crippen LogP contribution < -0.4 is 0 Å². The highest BCUT2D eigenvalue weighted by molar-refractivity contribution is 5.78. The van der Waals surface area contributed by atoms with Gasteiger partial charge in [0.25, 0.3) is 0 Å². The van der Waals surface area contributed by atoms with Crippen molar-refractivity contribution in [1.82, 2.24) is 20.1 Å². The van der Waals surface area contributed by atoms with Gasteiger partial charge in [-0.05, 0) is 31.4 Å². The molecule has 110 valence electrons. The molecule has 5 nitrogen and oxygen atoms in total. The summed E-state index contributed by atoms with van der Waals surface area (Å²) in [6.45, 7) is 5.05. The van der Waals surface area contributed by atoms with Gasteiger partial charge in [0, 0.05) is 18.5 Å². The van der Waals surface area contributed by atoms with Crippen molar-refractivity contribution in [3.05, 3.63) is 47.5 Å². The Morgan fingerprint density at radius 2 is 2.24 bits per heavy atom. The lowest BCUT2D eigenvalue weighted by atomic mass is 9.93. The van der Waals surface area contributed by atoms with Crippen LogP contribution in [0.3, 0.4) is 0 Å². The first-order valence-electron chi connectivity index (χ1n) is 7.34. The zero-order valence-electron chi connectivity index (χ0n) is 12.4. The van der Waals surface area contributed by atoms with Crippen molar-refractivity contribution in [2.45, 2.75) is 38.6 Å². The Labute approximate surface area is 124 Å². The van der Waals surface area contributed by atoms with Crippen LogP contribution in [-0.2, 0) is 11.2 Å². The summed E-state index contributed by atoms with van der Waals surface area (Å²) in [5.41, 5.74) is 2.67. The minimum absolute atomic E-state index is 0.121. The van der Waals surface area contributed by atoms with Crippen LogP contribution >= 0.6 is 0 Å². The fourth-order valence-corrected chi connectivity index (χ4v) is 3.21. The summed E-state index contributed by atoms with van der Waals surface area (Å²) < 4.78 is 0. The molecule has 0 radical (unpaired) electrons. The van der Waals surface area contributed by atoms with Gasteiger partial charge in [-0.15, -0.1) is 0 Å². The third kappa shape index (κ3) is 2.82. The fraction of sp³-hybridized carbons (Fsp3) is 0.438. The number of nitrogens with zero attached hydrogens (tertiary/aromatic N) is 3. The van der Waals surface area contributed by atoms with Crippen molar-refractivity contribution in [1.29, 1.82) is 0 Å². The van der Waals surface area contributed by atoms with Crippen molar-refractivity contribution >= 4 is 5.91 Å². The number of likely N-dealkylation sites (tertiary alicyclic amines) is 1. The van der Waals surface area contributed by atoms with Gasteiger partial charge < -0.3 is 4.90 Å². The molecule has 21 heavy (non-hydrogen) atoms. The second-order valence-electron chi connectivity index (χ2n) is 5.79. The number of hydrogen-bond acceptors (Lipinski definition) is 3. The van der Waals surface area contributed by atoms with Crippen molar-refractivity contribution in [2.24, 2.45) is 0 Å². The summed E-state index contributed by atoms with van der Waals surface area (Å²) in [4.78, 5) is 18.4. The molecule has 1 aromatic carbocycles. The van der Waals surface area contributed by atoms with Crippen LogP contribution in [0.1, 0.15) is 36.2 Å². The minimum Gasteiger partial charge on any atom is -0.339 e. The van der Waals surface area contributed by atoms with Gasteiger partial charge in [-0.2, -0.15) is 5.10 Å². The Kier molecular flexibility index (Phi) is 3.73. The van der Waals surface area contributed by atoms with Crippen LogP contribution in [0.25, 0.3) is 0 Å². The number of aryl methyl sites for hydroxylation is 1. The van der Waals surface area contributed by atoms with E-state index in [-0.39, 0.29) is 11.9 Å². The summed E-state index contributed by atoms with van der Waals surface area (Å²) in [6.07, 6.45) is 2.75. The van der Waals surface area contributed by atoms with Crippen LogP contribution in [0.15, 0.2) is 30.6 Å². The van der Waals surface area contributed by atoms with Crippen molar-refractivity contribution < 1.29 is 4.79 Å². The van der Waals surface area contributed by atoms with E-state index >= 15 is 0 Å². The lowest BCUT2D eigenvalue weighted by molar-refractivity contribution is -0.131. The number of nitrogens with one attached hydrogen (secondary N) is 1. The molecular formula is C16H20N4O. The normalized spacial score (nSPS) is 21.7. The van der Waals surface area contributed by atoms with Crippen molar-refractivity contribution in [2.75, 3.05) is 6.54 Å². The fourth-order valence-electron chi connectivity index (χ4n) is 3.21. The lowest BCUT2D eigenvalue weighted by Crippen LogP contribution is -2.35. The monoisotopic (exact) mass is 284 g/mol. The molecule has 2 unspecified atom stereocenters. The SMILES string of the molecule is Cc1ccccc1C1CC(C)N(C(=O)Cc2ncn[nH]2)C1. The zero-order valence-corrected chi connectivity index (χ0v) is 12.4. The number of benzene rings is 1. The minimum atomic E-state index is 0.121. The second kappa shape index (κ2) is 5.68. The van der Waals surface area contributed by atoms with E-state index < -0.39 is 0 Å². The van der Waals surface area contributed by atoms with Crippen LogP contribution in [-0.4, -0.2) is 38.6 Å². The third-order valence-corrected chi connectivity index (χ3v) is 4.31. The number of H-pyrrole nitrogens is 1. The first-order valence-corrected chi connectivity index (χ1v) is 7.34. The summed E-state index contributed by atoms with van der Waals surface area (Å²) in [5, 5.41) is 6.54. The van der Waals surface area contributed by atoms with Crippen LogP contribution in [0, 0.1) is 6.92 Å². The summed E-state index contributed by atoms with van der Waals surface area (Å²) in [6, 6.07) is 8.72. The first kappa shape index (κ1) is 13.8.